The highest BCUT2D eigenvalue weighted by atomic mass is 35.5. The molecule has 0 aromatic heterocycles. The van der Waals surface area contributed by atoms with Crippen LogP contribution in [0.15, 0.2) is 24.3 Å². The van der Waals surface area contributed by atoms with Gasteiger partial charge in [-0.05, 0) is 18.9 Å². The molecule has 1 aromatic carbocycles. The number of carbonyl (C=O) groups is 2. The number of aliphatic hydroxyl groups excluding tert-OH is 1. The summed E-state index contributed by atoms with van der Waals surface area (Å²) in [5.74, 6) is -0.128. The average Bonchev–Trinajstić information content (AvgIpc) is 2.52. The van der Waals surface area contributed by atoms with Gasteiger partial charge in [0.25, 0.3) is 0 Å². The third-order valence-electron chi connectivity index (χ3n) is 4.04. The molecule has 1 saturated heterocycles. The van der Waals surface area contributed by atoms with E-state index in [9.17, 15) is 14.7 Å². The summed E-state index contributed by atoms with van der Waals surface area (Å²) in [6.45, 7) is 2.90. The first-order chi connectivity index (χ1) is 10.5. The average molecular weight is 325 g/mol. The van der Waals surface area contributed by atoms with Gasteiger partial charge in [-0.3, -0.25) is 9.59 Å². The highest BCUT2D eigenvalue weighted by molar-refractivity contribution is 6.31. The van der Waals surface area contributed by atoms with Crippen LogP contribution >= 0.6 is 11.6 Å². The number of hydrogen-bond acceptors (Lipinski definition) is 3. The van der Waals surface area contributed by atoms with Gasteiger partial charge in [-0.15, -0.1) is 0 Å². The van der Waals surface area contributed by atoms with E-state index in [0.717, 1.165) is 0 Å². The third-order valence-corrected chi connectivity index (χ3v) is 4.39. The normalized spacial score (nSPS) is 17.1. The fraction of sp³-hybridized carbons (Fsp3) is 0.500. The van der Waals surface area contributed by atoms with Crippen LogP contribution in [0.2, 0.25) is 5.02 Å². The largest absolute Gasteiger partial charge is 0.387 e. The van der Waals surface area contributed by atoms with Crippen molar-refractivity contribution in [1.82, 2.24) is 10.2 Å². The van der Waals surface area contributed by atoms with Crippen LogP contribution in [0, 0.1) is 5.92 Å². The molecule has 1 heterocycles. The lowest BCUT2D eigenvalue weighted by Crippen LogP contribution is -2.43. The van der Waals surface area contributed by atoms with Gasteiger partial charge in [-0.1, -0.05) is 29.8 Å². The predicted octanol–water partition coefficient (Wildman–Crippen LogP) is 1.75. The van der Waals surface area contributed by atoms with Crippen molar-refractivity contribution in [3.05, 3.63) is 34.9 Å². The monoisotopic (exact) mass is 324 g/mol. The van der Waals surface area contributed by atoms with Crippen molar-refractivity contribution >= 4 is 23.4 Å². The van der Waals surface area contributed by atoms with E-state index < -0.39 is 6.10 Å². The van der Waals surface area contributed by atoms with Gasteiger partial charge in [-0.2, -0.15) is 0 Å². The van der Waals surface area contributed by atoms with Crippen LogP contribution in [0.5, 0.6) is 0 Å². The molecule has 0 aliphatic carbocycles. The summed E-state index contributed by atoms with van der Waals surface area (Å²) in [6.07, 6.45) is 0.497. The number of rotatable bonds is 4. The zero-order chi connectivity index (χ0) is 16.1. The molecule has 22 heavy (non-hydrogen) atoms. The molecule has 0 saturated carbocycles. The van der Waals surface area contributed by atoms with Crippen molar-refractivity contribution in [2.24, 2.45) is 5.92 Å². The Balaban J connectivity index is 1.81. The second-order valence-electron chi connectivity index (χ2n) is 5.56. The van der Waals surface area contributed by atoms with Crippen molar-refractivity contribution in [3.8, 4) is 0 Å². The van der Waals surface area contributed by atoms with Crippen LogP contribution in [0.3, 0.4) is 0 Å². The third kappa shape index (κ3) is 4.21. The molecule has 2 N–H and O–H groups in total. The molecular formula is C16H21ClN2O3. The molecule has 2 rings (SSSR count). The van der Waals surface area contributed by atoms with Crippen LogP contribution in [-0.2, 0) is 9.59 Å². The summed E-state index contributed by atoms with van der Waals surface area (Å²) in [5.41, 5.74) is 0.607. The van der Waals surface area contributed by atoms with Crippen molar-refractivity contribution in [1.29, 1.82) is 0 Å². The molecule has 0 bridgehead atoms. The van der Waals surface area contributed by atoms with E-state index in [1.54, 1.807) is 36.1 Å². The number of hydrogen-bond donors (Lipinski definition) is 2. The number of aliphatic hydroxyl groups is 1. The maximum absolute atomic E-state index is 12.1. The number of amides is 2. The van der Waals surface area contributed by atoms with Crippen LogP contribution in [0.1, 0.15) is 31.4 Å². The zero-order valence-corrected chi connectivity index (χ0v) is 13.3. The van der Waals surface area contributed by atoms with Crippen molar-refractivity contribution < 1.29 is 14.7 Å². The molecule has 0 spiro atoms. The predicted molar refractivity (Wildman–Crippen MR) is 84.4 cm³/mol. The van der Waals surface area contributed by atoms with E-state index in [1.807, 2.05) is 0 Å². The lowest BCUT2D eigenvalue weighted by Gasteiger charge is -2.30. The smallest absolute Gasteiger partial charge is 0.223 e. The lowest BCUT2D eigenvalue weighted by atomic mass is 9.95. The van der Waals surface area contributed by atoms with E-state index >= 15 is 0 Å². The summed E-state index contributed by atoms with van der Waals surface area (Å²) >= 11 is 6.02. The Morgan fingerprint density at radius 2 is 2.00 bits per heavy atom. The maximum Gasteiger partial charge on any atom is 0.223 e. The first-order valence-electron chi connectivity index (χ1n) is 7.44. The molecule has 1 fully saturated rings. The minimum Gasteiger partial charge on any atom is -0.387 e. The van der Waals surface area contributed by atoms with Gasteiger partial charge in [-0.25, -0.2) is 0 Å². The van der Waals surface area contributed by atoms with E-state index in [0.29, 0.717) is 36.5 Å². The van der Waals surface area contributed by atoms with Crippen LogP contribution in [0.4, 0.5) is 0 Å². The van der Waals surface area contributed by atoms with E-state index in [1.165, 1.54) is 0 Å². The molecule has 120 valence electrons. The lowest BCUT2D eigenvalue weighted by molar-refractivity contribution is -0.134. The maximum atomic E-state index is 12.1. The quantitative estimate of drug-likeness (QED) is 0.886. The molecule has 1 aliphatic rings. The fourth-order valence-corrected chi connectivity index (χ4v) is 2.92. The van der Waals surface area contributed by atoms with Gasteiger partial charge in [0.05, 0.1) is 6.10 Å². The first-order valence-corrected chi connectivity index (χ1v) is 7.82. The second-order valence-corrected chi connectivity index (χ2v) is 5.97. The molecule has 5 nitrogen and oxygen atoms in total. The number of carbonyl (C=O) groups excluding carboxylic acids is 2. The SMILES string of the molecule is CC(=O)N1CCC(C(=O)NCC(O)c2ccccc2Cl)CC1. The van der Waals surface area contributed by atoms with Crippen LogP contribution in [-0.4, -0.2) is 41.5 Å². The summed E-state index contributed by atoms with van der Waals surface area (Å²) in [6, 6.07) is 7.04. The summed E-state index contributed by atoms with van der Waals surface area (Å²) in [4.78, 5) is 25.1. The summed E-state index contributed by atoms with van der Waals surface area (Å²) in [5, 5.41) is 13.4. The molecule has 6 heteroatoms. The number of halogens is 1. The van der Waals surface area contributed by atoms with E-state index in [-0.39, 0.29) is 24.3 Å². The topological polar surface area (TPSA) is 69.6 Å². The molecule has 1 unspecified atom stereocenters. The Labute approximate surface area is 135 Å². The number of likely N-dealkylation sites (tertiary alicyclic amines) is 1. The Hall–Kier alpha value is -1.59. The van der Waals surface area contributed by atoms with Gasteiger partial charge in [0.1, 0.15) is 0 Å². The van der Waals surface area contributed by atoms with Crippen LogP contribution < -0.4 is 5.32 Å². The number of nitrogens with one attached hydrogen (secondary N) is 1. The Kier molecular flexibility index (Phi) is 5.80. The van der Waals surface area contributed by atoms with Gasteiger partial charge in [0.15, 0.2) is 0 Å². The minimum absolute atomic E-state index is 0.0491. The first kappa shape index (κ1) is 16.8. The molecule has 1 aromatic rings. The molecule has 0 radical (unpaired) electrons. The molecular weight excluding hydrogens is 304 g/mol. The van der Waals surface area contributed by atoms with Gasteiger partial charge in [0.2, 0.25) is 11.8 Å². The summed E-state index contributed by atoms with van der Waals surface area (Å²) in [7, 11) is 0. The van der Waals surface area contributed by atoms with E-state index in [2.05, 4.69) is 5.32 Å². The number of piperidine rings is 1. The second kappa shape index (κ2) is 7.61. The van der Waals surface area contributed by atoms with Crippen molar-refractivity contribution in [2.45, 2.75) is 25.9 Å². The highest BCUT2D eigenvalue weighted by Gasteiger charge is 2.26. The van der Waals surface area contributed by atoms with E-state index in [4.69, 9.17) is 11.6 Å². The van der Waals surface area contributed by atoms with Crippen LogP contribution in [0.25, 0.3) is 0 Å². The number of benzene rings is 1. The standard InChI is InChI=1S/C16H21ClN2O3/c1-11(20)19-8-6-12(7-9-19)16(22)18-10-15(21)13-4-2-3-5-14(13)17/h2-5,12,15,21H,6-10H2,1H3,(H,18,22). The molecule has 1 atom stereocenters. The Bertz CT molecular complexity index is 542. The fourth-order valence-electron chi connectivity index (χ4n) is 2.65. The van der Waals surface area contributed by atoms with Gasteiger partial charge >= 0.3 is 0 Å². The molecule has 1 aliphatic heterocycles. The zero-order valence-electron chi connectivity index (χ0n) is 12.6. The number of nitrogens with zero attached hydrogens (tertiary/aromatic N) is 1. The highest BCUT2D eigenvalue weighted by Crippen LogP contribution is 2.22. The van der Waals surface area contributed by atoms with Crippen molar-refractivity contribution in [2.75, 3.05) is 19.6 Å². The van der Waals surface area contributed by atoms with Crippen molar-refractivity contribution in [3.63, 3.8) is 0 Å². The van der Waals surface area contributed by atoms with Gasteiger partial charge in [0, 0.05) is 43.1 Å². The Morgan fingerprint density at radius 1 is 1.36 bits per heavy atom. The Morgan fingerprint density at radius 3 is 2.59 bits per heavy atom. The molecule has 2 amide bonds. The van der Waals surface area contributed by atoms with Gasteiger partial charge < -0.3 is 15.3 Å². The minimum atomic E-state index is -0.824. The summed E-state index contributed by atoms with van der Waals surface area (Å²) < 4.78 is 0.